The summed E-state index contributed by atoms with van der Waals surface area (Å²) < 4.78 is 0. The van der Waals surface area contributed by atoms with Crippen LogP contribution in [-0.4, -0.2) is 11.0 Å². The van der Waals surface area contributed by atoms with Gasteiger partial charge in [-0.15, -0.1) is 0 Å². The van der Waals surface area contributed by atoms with Crippen molar-refractivity contribution in [1.29, 1.82) is 0 Å². The Morgan fingerprint density at radius 1 is 1.27 bits per heavy atom. The molecule has 0 spiro atoms. The number of carbonyl (C=O) groups excluding carboxylic acids is 1. The summed E-state index contributed by atoms with van der Waals surface area (Å²) in [6, 6.07) is 3.59. The molecule has 2 rings (SSSR count). The van der Waals surface area contributed by atoms with Crippen LogP contribution in [0.15, 0.2) is 18.3 Å². The summed E-state index contributed by atoms with van der Waals surface area (Å²) in [5.41, 5.74) is 1.02. The van der Waals surface area contributed by atoms with Crippen molar-refractivity contribution in [2.24, 2.45) is 0 Å². The van der Waals surface area contributed by atoms with E-state index in [9.17, 15) is 4.79 Å². The molecule has 1 aromatic rings. The number of fused-ring (bicyclic) bond motifs is 1. The van der Waals surface area contributed by atoms with Crippen LogP contribution < -0.4 is 10.6 Å². The predicted octanol–water partition coefficient (Wildman–Crippen LogP) is 2.77. The molecule has 4 heteroatoms. The average molecular weight is 209 g/mol. The molecule has 0 aliphatic carbocycles. The van der Waals surface area contributed by atoms with E-state index in [1.807, 2.05) is 39.8 Å². The summed E-state index contributed by atoms with van der Waals surface area (Å²) in [6.45, 7) is 8.56. The maximum atomic E-state index is 10.8. The molecule has 0 aromatic carbocycles. The smallest absolute Gasteiger partial charge is 0.320 e. The molecule has 0 atom stereocenters. The van der Waals surface area contributed by atoms with Crippen LogP contribution >= 0.6 is 0 Å². The number of urea groups is 1. The minimum absolute atomic E-state index is 0.184. The summed E-state index contributed by atoms with van der Waals surface area (Å²) in [5.74, 6) is 0.663. The number of anilines is 1. The summed E-state index contributed by atoms with van der Waals surface area (Å²) in [7, 11) is 0. The third kappa shape index (κ3) is 3.97. The highest BCUT2D eigenvalue weighted by molar-refractivity contribution is 5.90. The van der Waals surface area contributed by atoms with Crippen molar-refractivity contribution in [1.82, 2.24) is 10.3 Å². The summed E-state index contributed by atoms with van der Waals surface area (Å²) in [6.07, 6.45) is 1.66. The van der Waals surface area contributed by atoms with Crippen LogP contribution in [0.3, 0.4) is 0 Å². The van der Waals surface area contributed by atoms with Crippen molar-refractivity contribution in [2.45, 2.75) is 34.2 Å². The van der Waals surface area contributed by atoms with Crippen LogP contribution in [0.5, 0.6) is 0 Å². The molecule has 0 saturated carbocycles. The van der Waals surface area contributed by atoms with Crippen molar-refractivity contribution in [3.05, 3.63) is 23.9 Å². The molecule has 1 aromatic heterocycles. The van der Waals surface area contributed by atoms with Gasteiger partial charge in [0.05, 0.1) is 0 Å². The van der Waals surface area contributed by atoms with Gasteiger partial charge >= 0.3 is 6.03 Å². The van der Waals surface area contributed by atoms with Gasteiger partial charge in [0.1, 0.15) is 5.82 Å². The van der Waals surface area contributed by atoms with Crippen molar-refractivity contribution in [3.8, 4) is 0 Å². The Hall–Kier alpha value is -1.58. The topological polar surface area (TPSA) is 54.0 Å². The Bertz CT molecular complexity index is 300. The second-order valence-corrected chi connectivity index (χ2v) is 2.32. The van der Waals surface area contributed by atoms with Gasteiger partial charge in [-0.3, -0.25) is 5.32 Å². The zero-order valence-corrected chi connectivity index (χ0v) is 9.79. The molecule has 1 aliphatic heterocycles. The van der Waals surface area contributed by atoms with Crippen molar-refractivity contribution in [2.75, 3.05) is 5.32 Å². The van der Waals surface area contributed by atoms with E-state index < -0.39 is 0 Å². The number of amides is 2. The SMILES string of the molecule is CC.CC.O=C1NCc2cccnc2N1. The molecule has 84 valence electrons. The Labute approximate surface area is 91.1 Å². The Kier molecular flexibility index (Phi) is 6.97. The monoisotopic (exact) mass is 209 g/mol. The molecule has 2 N–H and O–H groups in total. The number of hydrogen-bond donors (Lipinski definition) is 2. The van der Waals surface area contributed by atoms with Crippen molar-refractivity contribution >= 4 is 11.8 Å². The molecular weight excluding hydrogens is 190 g/mol. The highest BCUT2D eigenvalue weighted by Gasteiger charge is 2.12. The first-order chi connectivity index (χ1) is 7.36. The van der Waals surface area contributed by atoms with Gasteiger partial charge in [-0.05, 0) is 6.07 Å². The lowest BCUT2D eigenvalue weighted by molar-refractivity contribution is 0.250. The molecule has 0 saturated heterocycles. The molecule has 2 heterocycles. The quantitative estimate of drug-likeness (QED) is 0.690. The van der Waals surface area contributed by atoms with E-state index in [4.69, 9.17) is 0 Å². The molecule has 2 amide bonds. The summed E-state index contributed by atoms with van der Waals surface area (Å²) in [4.78, 5) is 14.8. The fourth-order valence-corrected chi connectivity index (χ4v) is 1.02. The zero-order valence-electron chi connectivity index (χ0n) is 9.79. The van der Waals surface area contributed by atoms with Gasteiger partial charge in [-0.1, -0.05) is 33.8 Å². The van der Waals surface area contributed by atoms with Crippen LogP contribution in [-0.2, 0) is 6.54 Å². The van der Waals surface area contributed by atoms with Crippen molar-refractivity contribution < 1.29 is 4.79 Å². The van der Waals surface area contributed by atoms with Crippen LogP contribution in [0.2, 0.25) is 0 Å². The van der Waals surface area contributed by atoms with Gasteiger partial charge in [-0.25, -0.2) is 9.78 Å². The number of carbonyl (C=O) groups is 1. The second-order valence-electron chi connectivity index (χ2n) is 2.32. The first kappa shape index (κ1) is 13.4. The highest BCUT2D eigenvalue weighted by Crippen LogP contribution is 2.13. The summed E-state index contributed by atoms with van der Waals surface area (Å²) in [5, 5.41) is 5.25. The van der Waals surface area contributed by atoms with Crippen LogP contribution in [0.25, 0.3) is 0 Å². The predicted molar refractivity (Wildman–Crippen MR) is 62.8 cm³/mol. The van der Waals surface area contributed by atoms with Gasteiger partial charge in [0.15, 0.2) is 0 Å². The van der Waals surface area contributed by atoms with E-state index in [1.165, 1.54) is 0 Å². The molecule has 0 fully saturated rings. The van der Waals surface area contributed by atoms with E-state index in [-0.39, 0.29) is 6.03 Å². The number of pyridine rings is 1. The molecule has 15 heavy (non-hydrogen) atoms. The molecule has 1 aliphatic rings. The highest BCUT2D eigenvalue weighted by atomic mass is 16.2. The van der Waals surface area contributed by atoms with Gasteiger partial charge in [0, 0.05) is 18.3 Å². The van der Waals surface area contributed by atoms with E-state index in [0.717, 1.165) is 5.56 Å². The molecule has 4 nitrogen and oxygen atoms in total. The van der Waals surface area contributed by atoms with E-state index in [2.05, 4.69) is 15.6 Å². The first-order valence-electron chi connectivity index (χ1n) is 5.35. The van der Waals surface area contributed by atoms with E-state index >= 15 is 0 Å². The number of hydrogen-bond acceptors (Lipinski definition) is 2. The number of nitrogens with zero attached hydrogens (tertiary/aromatic N) is 1. The van der Waals surface area contributed by atoms with E-state index in [0.29, 0.717) is 12.4 Å². The third-order valence-electron chi connectivity index (χ3n) is 1.56. The molecule has 0 bridgehead atoms. The Balaban J connectivity index is 0.000000442. The minimum atomic E-state index is -0.184. The van der Waals surface area contributed by atoms with Gasteiger partial charge in [0.25, 0.3) is 0 Å². The zero-order chi connectivity index (χ0) is 11.7. The maximum absolute atomic E-state index is 10.8. The lowest BCUT2D eigenvalue weighted by Crippen LogP contribution is -2.33. The minimum Gasteiger partial charge on any atom is -0.334 e. The van der Waals surface area contributed by atoms with Gasteiger partial charge in [-0.2, -0.15) is 0 Å². The standard InChI is InChI=1S/C7H7N3O.2C2H6/c11-7-9-4-5-2-1-3-8-6(5)10-7;2*1-2/h1-3H,4H2,(H2,8,9,10,11);2*1-2H3. The van der Waals surface area contributed by atoms with Gasteiger partial charge < -0.3 is 5.32 Å². The Morgan fingerprint density at radius 2 is 1.93 bits per heavy atom. The normalized spacial score (nSPS) is 11.6. The molecule has 0 unspecified atom stereocenters. The number of rotatable bonds is 0. The van der Waals surface area contributed by atoms with Crippen LogP contribution in [0.1, 0.15) is 33.3 Å². The first-order valence-corrected chi connectivity index (χ1v) is 5.35. The fraction of sp³-hybridized carbons (Fsp3) is 0.455. The number of aromatic nitrogens is 1. The van der Waals surface area contributed by atoms with E-state index in [1.54, 1.807) is 6.20 Å². The van der Waals surface area contributed by atoms with Gasteiger partial charge in [0.2, 0.25) is 0 Å². The Morgan fingerprint density at radius 3 is 2.60 bits per heavy atom. The van der Waals surface area contributed by atoms with Crippen LogP contribution in [0, 0.1) is 0 Å². The average Bonchev–Trinajstić information content (AvgIpc) is 2.34. The molecular formula is C11H19N3O. The third-order valence-corrected chi connectivity index (χ3v) is 1.56. The number of nitrogens with one attached hydrogen (secondary N) is 2. The van der Waals surface area contributed by atoms with Crippen molar-refractivity contribution in [3.63, 3.8) is 0 Å². The van der Waals surface area contributed by atoms with Crippen LogP contribution in [0.4, 0.5) is 10.6 Å². The largest absolute Gasteiger partial charge is 0.334 e. The molecule has 0 radical (unpaired) electrons. The lowest BCUT2D eigenvalue weighted by atomic mass is 10.2. The second kappa shape index (κ2) is 7.79. The summed E-state index contributed by atoms with van der Waals surface area (Å²) >= 11 is 0. The lowest BCUT2D eigenvalue weighted by Gasteiger charge is -2.15. The fourth-order valence-electron chi connectivity index (χ4n) is 1.02. The maximum Gasteiger partial charge on any atom is 0.320 e.